The molecule has 0 spiro atoms. The van der Waals surface area contributed by atoms with E-state index in [2.05, 4.69) is 4.72 Å². The van der Waals surface area contributed by atoms with Crippen LogP contribution < -0.4 is 13.8 Å². The molecule has 1 heterocycles. The monoisotopic (exact) mass is 472 g/mol. The molecule has 0 unspecified atom stereocenters. The molecule has 0 fully saturated rings. The molecule has 4 rings (SSSR count). The Labute approximate surface area is 188 Å². The van der Waals surface area contributed by atoms with Crippen LogP contribution in [0.25, 0.3) is 0 Å². The maximum absolute atomic E-state index is 13.2. The van der Waals surface area contributed by atoms with Gasteiger partial charge in [0.15, 0.2) is 0 Å². The van der Waals surface area contributed by atoms with E-state index in [9.17, 15) is 16.8 Å². The average Bonchev–Trinajstić information content (AvgIpc) is 2.78. The second kappa shape index (κ2) is 8.48. The minimum absolute atomic E-state index is 0.129. The molecule has 0 aromatic heterocycles. The largest absolute Gasteiger partial charge is 0.497 e. The van der Waals surface area contributed by atoms with Crippen molar-refractivity contribution >= 4 is 31.4 Å². The van der Waals surface area contributed by atoms with Crippen molar-refractivity contribution in [2.75, 3.05) is 22.7 Å². The molecule has 0 amide bonds. The molecule has 7 nitrogen and oxygen atoms in total. The summed E-state index contributed by atoms with van der Waals surface area (Å²) in [7, 11) is -6.12. The SMILES string of the molecule is COc1ccc(S(=O)(=O)Nc2ccc3c(c2)N(S(=O)(=O)c2ccccc2)CCC3)c(C)c1. The fourth-order valence-electron chi connectivity index (χ4n) is 3.83. The number of ether oxygens (including phenoxy) is 1. The number of fused-ring (bicyclic) bond motifs is 1. The van der Waals surface area contributed by atoms with E-state index in [4.69, 9.17) is 4.74 Å². The summed E-state index contributed by atoms with van der Waals surface area (Å²) in [4.78, 5) is 0.331. The highest BCUT2D eigenvalue weighted by molar-refractivity contribution is 7.93. The van der Waals surface area contributed by atoms with E-state index in [0.29, 0.717) is 35.7 Å². The van der Waals surface area contributed by atoms with Gasteiger partial charge >= 0.3 is 0 Å². The van der Waals surface area contributed by atoms with E-state index in [1.807, 2.05) is 0 Å². The summed E-state index contributed by atoms with van der Waals surface area (Å²) in [6, 6.07) is 18.0. The van der Waals surface area contributed by atoms with Gasteiger partial charge in [-0.3, -0.25) is 9.03 Å². The van der Waals surface area contributed by atoms with Crippen LogP contribution in [-0.2, 0) is 26.5 Å². The molecule has 0 aliphatic carbocycles. The number of hydrogen-bond donors (Lipinski definition) is 1. The van der Waals surface area contributed by atoms with Crippen molar-refractivity contribution in [3.05, 3.63) is 77.9 Å². The first kappa shape index (κ1) is 22.2. The first-order valence-electron chi connectivity index (χ1n) is 10.1. The number of nitrogens with zero attached hydrogens (tertiary/aromatic N) is 1. The first-order chi connectivity index (χ1) is 15.2. The third-order valence-corrected chi connectivity index (χ3v) is 8.79. The molecule has 1 aliphatic heterocycles. The quantitative estimate of drug-likeness (QED) is 0.587. The smallest absolute Gasteiger partial charge is 0.264 e. The zero-order valence-electron chi connectivity index (χ0n) is 17.8. The van der Waals surface area contributed by atoms with E-state index in [-0.39, 0.29) is 9.79 Å². The van der Waals surface area contributed by atoms with Gasteiger partial charge in [0.25, 0.3) is 20.0 Å². The van der Waals surface area contributed by atoms with Crippen molar-refractivity contribution in [3.8, 4) is 5.75 Å². The normalized spacial score (nSPS) is 14.0. The van der Waals surface area contributed by atoms with E-state index >= 15 is 0 Å². The molecule has 0 bridgehead atoms. The molecular weight excluding hydrogens is 448 g/mol. The van der Waals surface area contributed by atoms with Crippen molar-refractivity contribution in [1.82, 2.24) is 0 Å². The third kappa shape index (κ3) is 4.18. The van der Waals surface area contributed by atoms with Crippen molar-refractivity contribution in [2.24, 2.45) is 0 Å². The van der Waals surface area contributed by atoms with Crippen LogP contribution in [0.5, 0.6) is 5.75 Å². The summed E-state index contributed by atoms with van der Waals surface area (Å²) in [6.07, 6.45) is 1.41. The number of rotatable bonds is 6. The maximum atomic E-state index is 13.2. The minimum atomic E-state index is -3.87. The van der Waals surface area contributed by atoms with Crippen molar-refractivity contribution < 1.29 is 21.6 Å². The number of hydrogen-bond acceptors (Lipinski definition) is 5. The van der Waals surface area contributed by atoms with Crippen molar-refractivity contribution in [1.29, 1.82) is 0 Å². The predicted octanol–water partition coefficient (Wildman–Crippen LogP) is 3.95. The van der Waals surface area contributed by atoms with Crippen LogP contribution in [-0.4, -0.2) is 30.5 Å². The van der Waals surface area contributed by atoms with Gasteiger partial charge in [0.2, 0.25) is 0 Å². The third-order valence-electron chi connectivity index (χ3n) is 5.42. The Bertz CT molecular complexity index is 1350. The van der Waals surface area contributed by atoms with Crippen LogP contribution in [0.1, 0.15) is 17.5 Å². The zero-order valence-corrected chi connectivity index (χ0v) is 19.4. The van der Waals surface area contributed by atoms with E-state index in [1.165, 1.54) is 17.5 Å². The van der Waals surface area contributed by atoms with Crippen LogP contribution in [0.2, 0.25) is 0 Å². The Balaban J connectivity index is 1.70. The summed E-state index contributed by atoms with van der Waals surface area (Å²) in [5.74, 6) is 0.567. The minimum Gasteiger partial charge on any atom is -0.497 e. The highest BCUT2D eigenvalue weighted by Gasteiger charge is 2.29. The van der Waals surface area contributed by atoms with Crippen LogP contribution >= 0.6 is 0 Å². The highest BCUT2D eigenvalue weighted by Crippen LogP contribution is 2.35. The Kier molecular flexibility index (Phi) is 5.87. The average molecular weight is 473 g/mol. The van der Waals surface area contributed by atoms with E-state index < -0.39 is 20.0 Å². The predicted molar refractivity (Wildman–Crippen MR) is 124 cm³/mol. The fourth-order valence-corrected chi connectivity index (χ4v) is 6.67. The number of aryl methyl sites for hydroxylation is 2. The zero-order chi connectivity index (χ0) is 22.9. The second-order valence-corrected chi connectivity index (χ2v) is 11.1. The van der Waals surface area contributed by atoms with Gasteiger partial charge in [0.05, 0.1) is 28.3 Å². The molecule has 168 valence electrons. The van der Waals surface area contributed by atoms with Gasteiger partial charge in [0, 0.05) is 6.54 Å². The van der Waals surface area contributed by atoms with Crippen molar-refractivity contribution in [3.63, 3.8) is 0 Å². The second-order valence-electron chi connectivity index (χ2n) is 7.57. The maximum Gasteiger partial charge on any atom is 0.264 e. The molecule has 1 N–H and O–H groups in total. The molecule has 3 aromatic rings. The molecule has 0 saturated carbocycles. The lowest BCUT2D eigenvalue weighted by Crippen LogP contribution is -2.35. The first-order valence-corrected chi connectivity index (χ1v) is 13.0. The fraction of sp³-hybridized carbons (Fsp3) is 0.217. The Morgan fingerprint density at radius 3 is 2.38 bits per heavy atom. The lowest BCUT2D eigenvalue weighted by atomic mass is 10.0. The number of benzene rings is 3. The Morgan fingerprint density at radius 1 is 0.938 bits per heavy atom. The Hall–Kier alpha value is -3.04. The van der Waals surface area contributed by atoms with Gasteiger partial charge in [-0.1, -0.05) is 24.3 Å². The number of sulfonamides is 2. The number of anilines is 2. The summed E-state index contributed by atoms with van der Waals surface area (Å²) < 4.78 is 61.6. The topological polar surface area (TPSA) is 92.8 Å². The van der Waals surface area contributed by atoms with E-state index in [1.54, 1.807) is 67.6 Å². The van der Waals surface area contributed by atoms with Crippen LogP contribution in [0.4, 0.5) is 11.4 Å². The van der Waals surface area contributed by atoms with E-state index in [0.717, 1.165) is 12.0 Å². The van der Waals surface area contributed by atoms with Gasteiger partial charge in [-0.2, -0.15) is 0 Å². The molecule has 0 radical (unpaired) electrons. The van der Waals surface area contributed by atoms with Crippen molar-refractivity contribution in [2.45, 2.75) is 29.6 Å². The molecular formula is C23H24N2O5S2. The highest BCUT2D eigenvalue weighted by atomic mass is 32.2. The molecule has 0 saturated heterocycles. The van der Waals surface area contributed by atoms with Gasteiger partial charge in [-0.25, -0.2) is 16.8 Å². The summed E-state index contributed by atoms with van der Waals surface area (Å²) in [5, 5.41) is 0. The molecule has 0 atom stereocenters. The van der Waals surface area contributed by atoms with Crippen LogP contribution in [0.3, 0.4) is 0 Å². The molecule has 3 aromatic carbocycles. The lowest BCUT2D eigenvalue weighted by Gasteiger charge is -2.31. The lowest BCUT2D eigenvalue weighted by molar-refractivity contribution is 0.414. The number of methoxy groups -OCH3 is 1. The van der Waals surface area contributed by atoms with Gasteiger partial charge in [0.1, 0.15) is 5.75 Å². The summed E-state index contributed by atoms with van der Waals surface area (Å²) in [6.45, 7) is 2.02. The molecule has 32 heavy (non-hydrogen) atoms. The summed E-state index contributed by atoms with van der Waals surface area (Å²) in [5.41, 5.74) is 2.20. The Morgan fingerprint density at radius 2 is 1.69 bits per heavy atom. The van der Waals surface area contributed by atoms with Gasteiger partial charge in [-0.05, 0) is 73.4 Å². The molecule has 1 aliphatic rings. The molecule has 9 heteroatoms. The van der Waals surface area contributed by atoms with Gasteiger partial charge in [-0.15, -0.1) is 0 Å². The van der Waals surface area contributed by atoms with Gasteiger partial charge < -0.3 is 4.74 Å². The summed E-state index contributed by atoms with van der Waals surface area (Å²) >= 11 is 0. The van der Waals surface area contributed by atoms with Crippen LogP contribution in [0, 0.1) is 6.92 Å². The number of nitrogens with one attached hydrogen (secondary N) is 1. The standard InChI is InChI=1S/C23H24N2O5S2/c1-17-15-20(30-2)12-13-23(17)31(26,27)24-19-11-10-18-7-6-14-25(22(18)16-19)32(28,29)21-8-4-3-5-9-21/h3-5,8-13,15-16,24H,6-7,14H2,1-2H3. The van der Waals surface area contributed by atoms with Crippen LogP contribution in [0.15, 0.2) is 76.5 Å².